The number of halogens is 1. The average molecular weight is 436 g/mol. The third kappa shape index (κ3) is 5.05. The largest absolute Gasteiger partial charge is 0.504 e. The number of hydrogen-bond acceptors (Lipinski definition) is 4. The van der Waals surface area contributed by atoms with E-state index in [9.17, 15) is 9.90 Å². The molecule has 2 N–H and O–H groups in total. The normalized spacial score (nSPS) is 10.7. The average Bonchev–Trinajstić information content (AvgIpc) is 3.17. The molecule has 4 aromatic rings. The van der Waals surface area contributed by atoms with Gasteiger partial charge in [0.2, 0.25) is 5.91 Å². The molecule has 0 aliphatic heterocycles. The van der Waals surface area contributed by atoms with Gasteiger partial charge < -0.3 is 15.2 Å². The van der Waals surface area contributed by atoms with Crippen LogP contribution in [0.4, 0.5) is 5.69 Å². The lowest BCUT2D eigenvalue weighted by molar-refractivity contribution is -0.111. The number of hydrogen-bond donors (Lipinski definition) is 2. The summed E-state index contributed by atoms with van der Waals surface area (Å²) >= 11 is 0. The number of nitrogens with one attached hydrogen (secondary N) is 1. The van der Waals surface area contributed by atoms with Gasteiger partial charge in [-0.25, -0.2) is 0 Å². The van der Waals surface area contributed by atoms with Crippen LogP contribution < -0.4 is 10.1 Å². The molecule has 0 radical (unpaired) electrons. The Hall–Kier alpha value is -3.77. The molecule has 0 bridgehead atoms. The second-order valence-electron chi connectivity index (χ2n) is 6.78. The van der Waals surface area contributed by atoms with Crippen molar-refractivity contribution in [3.8, 4) is 11.5 Å². The minimum Gasteiger partial charge on any atom is -0.504 e. The van der Waals surface area contributed by atoms with Crippen LogP contribution in [-0.2, 0) is 11.3 Å². The van der Waals surface area contributed by atoms with Crippen LogP contribution >= 0.6 is 12.4 Å². The van der Waals surface area contributed by atoms with Crippen LogP contribution in [-0.4, -0.2) is 27.9 Å². The maximum atomic E-state index is 12.4. The van der Waals surface area contributed by atoms with Gasteiger partial charge in [0.1, 0.15) is 0 Å². The summed E-state index contributed by atoms with van der Waals surface area (Å²) in [4.78, 5) is 12.4. The van der Waals surface area contributed by atoms with Gasteiger partial charge in [-0.2, -0.15) is 5.10 Å². The number of aromatic hydroxyl groups is 1. The van der Waals surface area contributed by atoms with Gasteiger partial charge in [-0.1, -0.05) is 42.5 Å². The van der Waals surface area contributed by atoms with Crippen molar-refractivity contribution in [2.75, 3.05) is 12.4 Å². The molecular formula is C24H22ClN3O3. The van der Waals surface area contributed by atoms with E-state index in [1.807, 2.05) is 41.1 Å². The zero-order valence-corrected chi connectivity index (χ0v) is 17.7. The Morgan fingerprint density at radius 1 is 1.13 bits per heavy atom. The zero-order valence-electron chi connectivity index (χ0n) is 16.9. The number of amides is 1. The molecule has 158 valence electrons. The highest BCUT2D eigenvalue weighted by Gasteiger charge is 2.09. The maximum Gasteiger partial charge on any atom is 0.248 e. The number of benzene rings is 3. The molecule has 31 heavy (non-hydrogen) atoms. The summed E-state index contributed by atoms with van der Waals surface area (Å²) in [5, 5.41) is 18.1. The molecule has 0 aliphatic rings. The Balaban J connectivity index is 0.00000272. The van der Waals surface area contributed by atoms with Crippen molar-refractivity contribution in [2.24, 2.45) is 0 Å². The van der Waals surface area contributed by atoms with Crippen LogP contribution in [0.3, 0.4) is 0 Å². The van der Waals surface area contributed by atoms with Crippen LogP contribution in [0, 0.1) is 0 Å². The van der Waals surface area contributed by atoms with E-state index in [1.165, 1.54) is 19.3 Å². The molecule has 4 rings (SSSR count). The van der Waals surface area contributed by atoms with Crippen LogP contribution in [0.5, 0.6) is 11.5 Å². The van der Waals surface area contributed by atoms with Crippen LogP contribution in [0.2, 0.25) is 0 Å². The fourth-order valence-corrected chi connectivity index (χ4v) is 3.25. The molecule has 0 fully saturated rings. The molecule has 0 unspecified atom stereocenters. The molecule has 0 spiro atoms. The quantitative estimate of drug-likeness (QED) is 0.423. The van der Waals surface area contributed by atoms with E-state index in [-0.39, 0.29) is 24.1 Å². The molecular weight excluding hydrogens is 414 g/mol. The predicted octanol–water partition coefficient (Wildman–Crippen LogP) is 4.87. The third-order valence-electron chi connectivity index (χ3n) is 4.75. The topological polar surface area (TPSA) is 76.4 Å². The summed E-state index contributed by atoms with van der Waals surface area (Å²) in [5.41, 5.74) is 3.49. The highest BCUT2D eigenvalue weighted by Crippen LogP contribution is 2.27. The molecule has 0 atom stereocenters. The lowest BCUT2D eigenvalue weighted by atomic mass is 10.2. The number of rotatable bonds is 6. The number of nitrogens with zero attached hydrogens (tertiary/aromatic N) is 2. The van der Waals surface area contributed by atoms with E-state index in [0.29, 0.717) is 23.5 Å². The van der Waals surface area contributed by atoms with Gasteiger partial charge in [-0.05, 0) is 41.5 Å². The van der Waals surface area contributed by atoms with Gasteiger partial charge in [0.25, 0.3) is 0 Å². The molecule has 0 saturated heterocycles. The first kappa shape index (κ1) is 21.9. The summed E-state index contributed by atoms with van der Waals surface area (Å²) in [6.07, 6.45) is 4.82. The smallest absolute Gasteiger partial charge is 0.248 e. The second-order valence-corrected chi connectivity index (χ2v) is 6.78. The van der Waals surface area contributed by atoms with Crippen molar-refractivity contribution in [3.63, 3.8) is 0 Å². The van der Waals surface area contributed by atoms with Crippen molar-refractivity contribution in [3.05, 3.63) is 90.1 Å². The Morgan fingerprint density at radius 2 is 1.94 bits per heavy atom. The number of carbonyl (C=O) groups excluding carboxylic acids is 1. The molecule has 6 nitrogen and oxygen atoms in total. The number of anilines is 1. The van der Waals surface area contributed by atoms with Gasteiger partial charge in [0, 0.05) is 11.5 Å². The fourth-order valence-electron chi connectivity index (χ4n) is 3.25. The number of aromatic nitrogens is 2. The molecule has 0 aliphatic carbocycles. The van der Waals surface area contributed by atoms with Gasteiger partial charge in [-0.3, -0.25) is 9.48 Å². The molecule has 1 aromatic heterocycles. The van der Waals surface area contributed by atoms with E-state index >= 15 is 0 Å². The predicted molar refractivity (Wildman–Crippen MR) is 125 cm³/mol. The van der Waals surface area contributed by atoms with Crippen molar-refractivity contribution in [1.82, 2.24) is 9.78 Å². The van der Waals surface area contributed by atoms with Crippen molar-refractivity contribution < 1.29 is 14.6 Å². The molecule has 0 saturated carbocycles. The zero-order chi connectivity index (χ0) is 20.9. The number of carbonyl (C=O) groups is 1. The lowest BCUT2D eigenvalue weighted by Crippen LogP contribution is -2.08. The number of fused-ring (bicyclic) bond motifs is 1. The first-order valence-electron chi connectivity index (χ1n) is 9.48. The van der Waals surface area contributed by atoms with Crippen LogP contribution in [0.1, 0.15) is 11.1 Å². The summed E-state index contributed by atoms with van der Waals surface area (Å²) in [5.74, 6) is 0.139. The van der Waals surface area contributed by atoms with Gasteiger partial charge in [0.15, 0.2) is 11.5 Å². The first-order chi connectivity index (χ1) is 14.6. The number of ether oxygens (including phenoxy) is 1. The second kappa shape index (κ2) is 9.82. The van der Waals surface area contributed by atoms with E-state index < -0.39 is 0 Å². The van der Waals surface area contributed by atoms with E-state index in [2.05, 4.69) is 22.5 Å². The van der Waals surface area contributed by atoms with E-state index in [1.54, 1.807) is 24.4 Å². The van der Waals surface area contributed by atoms with Crippen molar-refractivity contribution >= 4 is 41.0 Å². The van der Waals surface area contributed by atoms with E-state index in [4.69, 9.17) is 4.74 Å². The Morgan fingerprint density at radius 3 is 2.68 bits per heavy atom. The van der Waals surface area contributed by atoms with Gasteiger partial charge >= 0.3 is 0 Å². The van der Waals surface area contributed by atoms with Crippen molar-refractivity contribution in [2.45, 2.75) is 6.54 Å². The summed E-state index contributed by atoms with van der Waals surface area (Å²) < 4.78 is 6.94. The minimum atomic E-state index is -0.270. The molecule has 7 heteroatoms. The lowest BCUT2D eigenvalue weighted by Gasteiger charge is -2.07. The highest BCUT2D eigenvalue weighted by atomic mass is 35.5. The molecule has 3 aromatic carbocycles. The first-order valence-corrected chi connectivity index (χ1v) is 9.48. The Labute approximate surface area is 186 Å². The standard InChI is InChI=1S/C24H21N3O3.ClH/c1-30-23-12-10-17(14-22(23)28)11-13-24(29)26-20-8-5-9-21-19(20)15-25-27(21)16-18-6-3-2-4-7-18;/h2-15,28H,16H2,1H3,(H,26,29);1H/b13-11+;. The monoisotopic (exact) mass is 435 g/mol. The summed E-state index contributed by atoms with van der Waals surface area (Å²) in [7, 11) is 1.49. The molecule has 1 amide bonds. The van der Waals surface area contributed by atoms with Crippen molar-refractivity contribution in [1.29, 1.82) is 0 Å². The minimum absolute atomic E-state index is 0. The molecule has 1 heterocycles. The fraction of sp³-hybridized carbons (Fsp3) is 0.0833. The number of phenols is 1. The van der Waals surface area contributed by atoms with Crippen LogP contribution in [0.15, 0.2) is 79.0 Å². The van der Waals surface area contributed by atoms with E-state index in [0.717, 1.165) is 16.5 Å². The number of methoxy groups -OCH3 is 1. The summed E-state index contributed by atoms with van der Waals surface area (Å²) in [6.45, 7) is 0.655. The Kier molecular flexibility index (Phi) is 6.95. The SMILES string of the molecule is COc1ccc(/C=C/C(=O)Nc2cccc3c2cnn3Cc2ccccc2)cc1O.Cl. The Bertz CT molecular complexity index is 1220. The van der Waals surface area contributed by atoms with Gasteiger partial charge in [-0.15, -0.1) is 12.4 Å². The number of phenolic OH excluding ortho intramolecular Hbond substituents is 1. The van der Waals surface area contributed by atoms with Gasteiger partial charge in [0.05, 0.1) is 31.1 Å². The maximum absolute atomic E-state index is 12.4. The van der Waals surface area contributed by atoms with Crippen LogP contribution in [0.25, 0.3) is 17.0 Å². The highest BCUT2D eigenvalue weighted by molar-refractivity contribution is 6.07. The summed E-state index contributed by atoms with van der Waals surface area (Å²) in [6, 6.07) is 20.8. The third-order valence-corrected chi connectivity index (χ3v) is 4.75.